The molecule has 0 aliphatic rings. The number of nitrogens with one attached hydrogen (secondary N) is 1. The van der Waals surface area contributed by atoms with Gasteiger partial charge in [0.2, 0.25) is 0 Å². The van der Waals surface area contributed by atoms with Crippen LogP contribution in [0.1, 0.15) is 34.5 Å². The molecule has 2 rings (SSSR count). The largest absolute Gasteiger partial charge is 0.478 e. The van der Waals surface area contributed by atoms with Crippen LogP contribution in [0.4, 0.5) is 0 Å². The fraction of sp³-hybridized carbons (Fsp3) is 0.188. The van der Waals surface area contributed by atoms with E-state index in [9.17, 15) is 4.79 Å². The monoisotopic (exact) mass is 411 g/mol. The van der Waals surface area contributed by atoms with Crippen LogP contribution < -0.4 is 5.32 Å². The summed E-state index contributed by atoms with van der Waals surface area (Å²) in [7, 11) is 0. The Morgan fingerprint density at radius 3 is 2.52 bits per heavy atom. The van der Waals surface area contributed by atoms with Crippen LogP contribution in [-0.4, -0.2) is 11.1 Å². The number of halogens is 2. The topological polar surface area (TPSA) is 49.3 Å². The van der Waals surface area contributed by atoms with E-state index in [2.05, 4.69) is 50.2 Å². The Kier molecular flexibility index (Phi) is 5.56. The Balaban J connectivity index is 2.06. The van der Waals surface area contributed by atoms with Gasteiger partial charge in [0.1, 0.15) is 0 Å². The maximum Gasteiger partial charge on any atom is 0.335 e. The quantitative estimate of drug-likeness (QED) is 0.744. The fourth-order valence-electron chi connectivity index (χ4n) is 2.02. The van der Waals surface area contributed by atoms with E-state index >= 15 is 0 Å². The van der Waals surface area contributed by atoms with Gasteiger partial charge in [0, 0.05) is 21.5 Å². The van der Waals surface area contributed by atoms with Crippen molar-refractivity contribution >= 4 is 37.8 Å². The molecule has 110 valence electrons. The number of carboxylic acids is 1. The van der Waals surface area contributed by atoms with Gasteiger partial charge in [-0.25, -0.2) is 4.79 Å². The third-order valence-electron chi connectivity index (χ3n) is 3.27. The molecule has 0 aliphatic carbocycles. The molecule has 0 saturated heterocycles. The van der Waals surface area contributed by atoms with Gasteiger partial charge in [-0.05, 0) is 36.2 Å². The van der Waals surface area contributed by atoms with Gasteiger partial charge in [0.15, 0.2) is 0 Å². The third-order valence-corrected chi connectivity index (χ3v) is 4.73. The summed E-state index contributed by atoms with van der Waals surface area (Å²) < 4.78 is 1.87. The number of hydrogen-bond donors (Lipinski definition) is 2. The van der Waals surface area contributed by atoms with Crippen LogP contribution in [0, 0.1) is 0 Å². The maximum atomic E-state index is 10.9. The molecule has 1 atom stereocenters. The second-order valence-electron chi connectivity index (χ2n) is 4.74. The second kappa shape index (κ2) is 7.20. The molecule has 0 heterocycles. The van der Waals surface area contributed by atoms with Gasteiger partial charge < -0.3 is 10.4 Å². The number of benzene rings is 2. The molecule has 3 nitrogen and oxygen atoms in total. The first-order valence-corrected chi connectivity index (χ1v) is 8.07. The summed E-state index contributed by atoms with van der Waals surface area (Å²) >= 11 is 6.97. The van der Waals surface area contributed by atoms with Crippen LogP contribution in [0.3, 0.4) is 0 Å². The van der Waals surface area contributed by atoms with E-state index in [0.29, 0.717) is 6.54 Å². The summed E-state index contributed by atoms with van der Waals surface area (Å²) in [6.45, 7) is 2.75. The van der Waals surface area contributed by atoms with Crippen molar-refractivity contribution in [3.8, 4) is 0 Å². The lowest BCUT2D eigenvalue weighted by molar-refractivity contribution is 0.0697. The summed E-state index contributed by atoms with van der Waals surface area (Å²) in [4.78, 5) is 10.9. The zero-order valence-electron chi connectivity index (χ0n) is 11.4. The average molecular weight is 413 g/mol. The van der Waals surface area contributed by atoms with Crippen molar-refractivity contribution in [2.24, 2.45) is 0 Å². The first-order valence-electron chi connectivity index (χ1n) is 6.48. The highest BCUT2D eigenvalue weighted by atomic mass is 79.9. The van der Waals surface area contributed by atoms with E-state index in [0.717, 1.165) is 14.5 Å². The predicted molar refractivity (Wildman–Crippen MR) is 90.5 cm³/mol. The van der Waals surface area contributed by atoms with Crippen molar-refractivity contribution in [1.29, 1.82) is 0 Å². The highest BCUT2D eigenvalue weighted by Crippen LogP contribution is 2.24. The van der Waals surface area contributed by atoms with Crippen molar-refractivity contribution in [3.63, 3.8) is 0 Å². The summed E-state index contributed by atoms with van der Waals surface area (Å²) in [5.41, 5.74) is 2.50. The molecule has 0 aliphatic heterocycles. The molecule has 0 saturated carbocycles. The van der Waals surface area contributed by atoms with E-state index in [1.807, 2.05) is 24.3 Å². The molecule has 0 aromatic heterocycles. The van der Waals surface area contributed by atoms with Gasteiger partial charge in [-0.2, -0.15) is 0 Å². The lowest BCUT2D eigenvalue weighted by atomic mass is 10.1. The van der Waals surface area contributed by atoms with E-state index in [1.54, 1.807) is 12.1 Å². The minimum Gasteiger partial charge on any atom is -0.478 e. The average Bonchev–Trinajstić information content (AvgIpc) is 2.46. The van der Waals surface area contributed by atoms with E-state index in [4.69, 9.17) is 5.11 Å². The smallest absolute Gasteiger partial charge is 0.335 e. The van der Waals surface area contributed by atoms with E-state index in [-0.39, 0.29) is 11.6 Å². The third kappa shape index (κ3) is 4.15. The Morgan fingerprint density at radius 2 is 1.90 bits per heavy atom. The SMILES string of the molecule is C[C@@H](NCc1ccc(C(=O)O)cc1Br)c1ccccc1Br. The molecule has 2 aromatic carbocycles. The Labute approximate surface area is 140 Å². The highest BCUT2D eigenvalue weighted by molar-refractivity contribution is 9.10. The Hall–Kier alpha value is -1.17. The Bertz CT molecular complexity index is 658. The molecule has 2 aromatic rings. The van der Waals surface area contributed by atoms with Gasteiger partial charge in [-0.1, -0.05) is 56.1 Å². The van der Waals surface area contributed by atoms with Crippen molar-refractivity contribution < 1.29 is 9.90 Å². The summed E-state index contributed by atoms with van der Waals surface area (Å²) in [6, 6.07) is 13.3. The molecule has 2 N–H and O–H groups in total. The minimum atomic E-state index is -0.920. The van der Waals surface area contributed by atoms with Crippen molar-refractivity contribution in [1.82, 2.24) is 5.32 Å². The van der Waals surface area contributed by atoms with Crippen molar-refractivity contribution in [3.05, 3.63) is 68.1 Å². The number of carboxylic acid groups (broad SMARTS) is 1. The number of aromatic carboxylic acids is 1. The van der Waals surface area contributed by atoms with Crippen LogP contribution in [-0.2, 0) is 6.54 Å². The molecule has 0 radical (unpaired) electrons. The van der Waals surface area contributed by atoms with Gasteiger partial charge >= 0.3 is 5.97 Å². The first-order chi connectivity index (χ1) is 9.99. The van der Waals surface area contributed by atoms with Crippen LogP contribution in [0.25, 0.3) is 0 Å². The number of carbonyl (C=O) groups is 1. The summed E-state index contributed by atoms with van der Waals surface area (Å²) in [5.74, 6) is -0.920. The molecule has 0 unspecified atom stereocenters. The number of rotatable bonds is 5. The lowest BCUT2D eigenvalue weighted by Gasteiger charge is -2.16. The highest BCUT2D eigenvalue weighted by Gasteiger charge is 2.10. The lowest BCUT2D eigenvalue weighted by Crippen LogP contribution is -2.18. The van der Waals surface area contributed by atoms with Crippen LogP contribution in [0.5, 0.6) is 0 Å². The van der Waals surface area contributed by atoms with Gasteiger partial charge in [-0.3, -0.25) is 0 Å². The predicted octanol–water partition coefficient (Wildman–Crippen LogP) is 4.76. The van der Waals surface area contributed by atoms with Crippen LogP contribution in [0.2, 0.25) is 0 Å². The summed E-state index contributed by atoms with van der Waals surface area (Å²) in [5, 5.41) is 12.4. The minimum absolute atomic E-state index is 0.187. The molecular weight excluding hydrogens is 398 g/mol. The van der Waals surface area contributed by atoms with Crippen LogP contribution >= 0.6 is 31.9 Å². The van der Waals surface area contributed by atoms with Gasteiger partial charge in [0.25, 0.3) is 0 Å². The molecule has 21 heavy (non-hydrogen) atoms. The zero-order chi connectivity index (χ0) is 15.4. The van der Waals surface area contributed by atoms with Crippen LogP contribution in [0.15, 0.2) is 51.4 Å². The van der Waals surface area contributed by atoms with Gasteiger partial charge in [0.05, 0.1) is 5.56 Å². The first kappa shape index (κ1) is 16.2. The van der Waals surface area contributed by atoms with Gasteiger partial charge in [-0.15, -0.1) is 0 Å². The molecule has 0 bridgehead atoms. The zero-order valence-corrected chi connectivity index (χ0v) is 14.6. The van der Waals surface area contributed by atoms with E-state index < -0.39 is 5.97 Å². The molecule has 0 fully saturated rings. The second-order valence-corrected chi connectivity index (χ2v) is 6.44. The standard InChI is InChI=1S/C16H15Br2NO2/c1-10(13-4-2-3-5-14(13)17)19-9-12-7-6-11(16(20)21)8-15(12)18/h2-8,10,19H,9H2,1H3,(H,20,21)/t10-/m1/s1. The molecular formula is C16H15Br2NO2. The maximum absolute atomic E-state index is 10.9. The van der Waals surface area contributed by atoms with Crippen molar-refractivity contribution in [2.45, 2.75) is 19.5 Å². The summed E-state index contributed by atoms with van der Waals surface area (Å²) in [6.07, 6.45) is 0. The fourth-order valence-corrected chi connectivity index (χ4v) is 3.17. The molecule has 0 spiro atoms. The Morgan fingerprint density at radius 1 is 1.19 bits per heavy atom. The van der Waals surface area contributed by atoms with Crippen molar-refractivity contribution in [2.75, 3.05) is 0 Å². The van der Waals surface area contributed by atoms with E-state index in [1.165, 1.54) is 5.56 Å². The molecule has 5 heteroatoms. The normalized spacial score (nSPS) is 12.1. The molecule has 0 amide bonds. The number of hydrogen-bond acceptors (Lipinski definition) is 2.